The van der Waals surface area contributed by atoms with Crippen molar-refractivity contribution in [1.29, 1.82) is 0 Å². The smallest absolute Gasteiger partial charge is 0.241 e. The fourth-order valence-electron chi connectivity index (χ4n) is 20.5. The van der Waals surface area contributed by atoms with Crippen LogP contribution in [0.15, 0.2) is 393 Å². The van der Waals surface area contributed by atoms with E-state index in [1.54, 1.807) is 0 Å². The lowest BCUT2D eigenvalue weighted by atomic mass is 10.0. The molecule has 20 heteroatoms. The van der Waals surface area contributed by atoms with E-state index in [9.17, 15) is 0 Å². The first kappa shape index (κ1) is 70.0. The zero-order chi connectivity index (χ0) is 81.7. The molecule has 0 spiro atoms. The maximum Gasteiger partial charge on any atom is 0.241 e. The highest BCUT2D eigenvalue weighted by Gasteiger charge is 2.51. The minimum absolute atomic E-state index is 0.0402. The van der Waals surface area contributed by atoms with E-state index >= 15 is 0 Å². The Morgan fingerprint density at radius 1 is 0.280 bits per heavy atom. The second-order valence-corrected chi connectivity index (χ2v) is 41.8. The van der Waals surface area contributed by atoms with E-state index in [0.717, 1.165) is 120 Å². The summed E-state index contributed by atoms with van der Waals surface area (Å²) in [7, 11) is -7.31. The van der Waals surface area contributed by atoms with Crippen LogP contribution in [0.1, 0.15) is 0 Å². The van der Waals surface area contributed by atoms with E-state index in [1.807, 2.05) is 28.7 Å². The number of thiophene rings is 2. The highest BCUT2D eigenvalue weighted by molar-refractivity contribution is 7.30. The second-order valence-electron chi connectivity index (χ2n) is 32.4. The number of aromatic nitrogens is 13. The summed E-state index contributed by atoms with van der Waals surface area (Å²) in [6, 6.07) is 131. The minimum Gasteiger partial charge on any atom is -0.300 e. The van der Waals surface area contributed by atoms with Crippen molar-refractivity contribution < 1.29 is 0 Å². The Balaban J connectivity index is 0.674. The third kappa shape index (κ3) is 10.0. The molecule has 24 aromatic rings. The molecule has 16 nitrogen and oxygen atoms in total. The number of fused-ring (bicyclic) bond motifs is 24. The van der Waals surface area contributed by atoms with Gasteiger partial charge < -0.3 is 4.90 Å². The maximum absolute atomic E-state index is 6.10. The molecule has 2 unspecified atom stereocenters. The number of rotatable bonds is 13. The van der Waals surface area contributed by atoms with Gasteiger partial charge in [-0.3, -0.25) is 13.4 Å². The van der Waals surface area contributed by atoms with Crippen LogP contribution in [0.5, 0.6) is 0 Å². The second kappa shape index (κ2) is 26.9. The molecule has 9 aromatic heterocycles. The molecule has 0 bridgehead atoms. The van der Waals surface area contributed by atoms with Crippen molar-refractivity contribution in [2.75, 3.05) is 9.80 Å². The Labute approximate surface area is 723 Å². The highest BCUT2D eigenvalue weighted by atomic mass is 32.1. The SMILES string of the molecule is C1=CC2N=C3N(c4nc(-n5c6ccccc6n6c7ccc(-c8ccc9c(c8)c8ccccc8n9-c8nc(-n9c%10ccccc%10n%10c%11ccccc%11nc9%10)nc([Si](c9ccccc9)(c9ccccc9)c9cccc%10c9sc9ccccc9%10)n8)cc7nc56)nc([Si](c5ccccc5)(c5ccccc5)c5ccc6sc7ccccc7c6c5)n4)c4ccccc4N3C2C=C1. The Morgan fingerprint density at radius 3 is 1.42 bits per heavy atom. The number of benzene rings is 15. The lowest BCUT2D eigenvalue weighted by molar-refractivity contribution is 0.741. The van der Waals surface area contributed by atoms with Gasteiger partial charge >= 0.3 is 0 Å². The molecule has 0 amide bonds. The van der Waals surface area contributed by atoms with Crippen LogP contribution in [-0.4, -0.2) is 96.6 Å². The molecule has 0 saturated heterocycles. The zero-order valence-electron chi connectivity index (χ0n) is 66.6. The van der Waals surface area contributed by atoms with Gasteiger partial charge in [0, 0.05) is 51.1 Å². The van der Waals surface area contributed by atoms with Gasteiger partial charge in [-0.1, -0.05) is 291 Å². The molecular formula is C105H66N16S2Si2. The maximum atomic E-state index is 6.10. The van der Waals surface area contributed by atoms with Crippen LogP contribution in [0.25, 0.3) is 147 Å². The van der Waals surface area contributed by atoms with Crippen LogP contribution in [0.3, 0.4) is 0 Å². The van der Waals surface area contributed by atoms with Crippen molar-refractivity contribution in [2.45, 2.75) is 12.1 Å². The minimum atomic E-state index is -3.66. The summed E-state index contributed by atoms with van der Waals surface area (Å²) < 4.78 is 16.0. The third-order valence-electron chi connectivity index (χ3n) is 25.9. The van der Waals surface area contributed by atoms with Crippen LogP contribution in [0.4, 0.5) is 17.3 Å². The number of anilines is 3. The van der Waals surface area contributed by atoms with Crippen molar-refractivity contribution in [3.8, 4) is 29.0 Å². The number of guanidine groups is 1. The molecule has 2 aliphatic heterocycles. The molecule has 0 saturated carbocycles. The Morgan fingerprint density at radius 2 is 0.752 bits per heavy atom. The van der Waals surface area contributed by atoms with Gasteiger partial charge in [0.15, 0.2) is 0 Å². The lowest BCUT2D eigenvalue weighted by Crippen LogP contribution is -2.76. The predicted molar refractivity (Wildman–Crippen MR) is 517 cm³/mol. The van der Waals surface area contributed by atoms with Gasteiger partial charge in [0.05, 0.1) is 78.6 Å². The summed E-state index contributed by atoms with van der Waals surface area (Å²) in [6.45, 7) is 0. The quantitative estimate of drug-likeness (QED) is 0.0808. The molecule has 15 aromatic carbocycles. The molecule has 586 valence electrons. The van der Waals surface area contributed by atoms with E-state index in [-0.39, 0.29) is 12.1 Å². The molecule has 27 rings (SSSR count). The summed E-state index contributed by atoms with van der Waals surface area (Å²) in [5, 5.41) is 13.8. The predicted octanol–water partition coefficient (Wildman–Crippen LogP) is 18.0. The molecule has 2 atom stereocenters. The lowest BCUT2D eigenvalue weighted by Gasteiger charge is -2.33. The fourth-order valence-corrected chi connectivity index (χ4v) is 32.2. The van der Waals surface area contributed by atoms with Gasteiger partial charge in [-0.15, -0.1) is 22.7 Å². The first-order valence-electron chi connectivity index (χ1n) is 42.0. The van der Waals surface area contributed by atoms with Crippen LogP contribution in [-0.2, 0) is 0 Å². The number of aliphatic imine (C=N–C) groups is 1. The van der Waals surface area contributed by atoms with Gasteiger partial charge in [-0.2, -0.15) is 9.97 Å². The van der Waals surface area contributed by atoms with E-state index in [1.165, 1.54) is 45.5 Å². The van der Waals surface area contributed by atoms with E-state index in [0.29, 0.717) is 46.2 Å². The molecule has 0 N–H and O–H groups in total. The number of hydrogen-bond donors (Lipinski definition) is 0. The monoisotopic (exact) mass is 1670 g/mol. The Bertz CT molecular complexity index is 8690. The van der Waals surface area contributed by atoms with Gasteiger partial charge in [-0.25, -0.2) is 48.9 Å². The van der Waals surface area contributed by atoms with Gasteiger partial charge in [0.25, 0.3) is 0 Å². The Kier molecular flexibility index (Phi) is 15.1. The average molecular weight is 1670 g/mol. The van der Waals surface area contributed by atoms with Crippen LogP contribution >= 0.6 is 22.7 Å². The van der Waals surface area contributed by atoms with E-state index < -0.39 is 16.1 Å². The van der Waals surface area contributed by atoms with E-state index in [2.05, 4.69) is 415 Å². The van der Waals surface area contributed by atoms with Crippen LogP contribution in [0.2, 0.25) is 0 Å². The van der Waals surface area contributed by atoms with Gasteiger partial charge in [0.2, 0.25) is 57.5 Å². The summed E-state index contributed by atoms with van der Waals surface area (Å²) in [6.07, 6.45) is 8.67. The van der Waals surface area contributed by atoms with Crippen LogP contribution in [0, 0.1) is 0 Å². The number of allylic oxidation sites excluding steroid dienone is 2. The number of imidazole rings is 4. The largest absolute Gasteiger partial charge is 0.300 e. The first-order valence-corrected chi connectivity index (χ1v) is 47.6. The first-order chi connectivity index (χ1) is 62.0. The molecule has 125 heavy (non-hydrogen) atoms. The average Bonchev–Trinajstić information content (AvgIpc) is 1.69. The van der Waals surface area contributed by atoms with Crippen LogP contribution < -0.4 is 51.8 Å². The molecule has 3 aliphatic rings. The van der Waals surface area contributed by atoms with Crippen molar-refractivity contribution in [2.24, 2.45) is 4.99 Å². The summed E-state index contributed by atoms with van der Waals surface area (Å²) in [5.41, 5.74) is 14.5. The molecule has 1 aliphatic carbocycles. The molecule has 11 heterocycles. The normalized spacial score (nSPS) is 14.7. The van der Waals surface area contributed by atoms with Crippen molar-refractivity contribution in [1.82, 2.24) is 62.4 Å². The standard InChI is InChI=1S/C105H66N16S2Si2/c1-5-30-67(31-6-1)124(68-32-7-2-8-33-68,71-58-61-94-77(64-71)74-40-15-27-53-92(74)122-94)101-112-99(120-90-51-25-22-48-87(90)117-84-46-20-17-43-79(84)107-104(117)120)110-100(113-101)121-91-52-26-23-49-88(91)118-85-60-57-66(63-80(85)108-105(118)121)65-56-59-82-76(62-65)72-38-13-18-44-81(72)115(82)97-109-98(119-89-50-24-21-47-86(89)116-83-45-19-16-42-78(83)106-103(116)119)114-102(111-97)125(69-34-9-3-10-35-69,70-36-11-4-12-37-70)95-55-29-41-75-73-39-14-28-54-93(73)123-96(75)95/h1-64,79,84H. The number of nitrogens with zero attached hydrogens (tertiary/aromatic N) is 16. The van der Waals surface area contributed by atoms with Gasteiger partial charge in [0.1, 0.15) is 10.9 Å². The summed E-state index contributed by atoms with van der Waals surface area (Å²) >= 11 is 3.66. The van der Waals surface area contributed by atoms with E-state index in [4.69, 9.17) is 44.9 Å². The topological polar surface area (TPSA) is 146 Å². The Hall–Kier alpha value is -15.7. The fraction of sp³-hybridized carbons (Fsp3) is 0.0190. The highest BCUT2D eigenvalue weighted by Crippen LogP contribution is 2.47. The molecule has 0 radical (unpaired) electrons. The molecular weight excluding hydrogens is 1610 g/mol. The molecule has 0 fully saturated rings. The van der Waals surface area contributed by atoms with Crippen molar-refractivity contribution >= 4 is 222 Å². The summed E-state index contributed by atoms with van der Waals surface area (Å²) in [5.74, 6) is 3.92. The summed E-state index contributed by atoms with van der Waals surface area (Å²) in [4.78, 5) is 57.2. The third-order valence-corrected chi connectivity index (χ3v) is 37.4. The zero-order valence-corrected chi connectivity index (χ0v) is 70.2. The van der Waals surface area contributed by atoms with Gasteiger partial charge in [-0.05, 0) is 139 Å². The number of hydrogen-bond acceptors (Lipinski definition) is 13. The van der Waals surface area contributed by atoms with Crippen molar-refractivity contribution in [3.05, 3.63) is 388 Å². The van der Waals surface area contributed by atoms with Crippen molar-refractivity contribution in [3.63, 3.8) is 0 Å². The number of para-hydroxylation sites is 9.